The van der Waals surface area contributed by atoms with Gasteiger partial charge in [-0.05, 0) is 0 Å². The van der Waals surface area contributed by atoms with Gasteiger partial charge in [-0.15, -0.1) is 0 Å². The fourth-order valence-electron chi connectivity index (χ4n) is 0. The van der Waals surface area contributed by atoms with Gasteiger partial charge in [-0.1, -0.05) is 0 Å². The molecule has 0 spiro atoms. The summed E-state index contributed by atoms with van der Waals surface area (Å²) in [6.07, 6.45) is 0. The second-order valence-corrected chi connectivity index (χ2v) is 1.11. The zero-order valence-electron chi connectivity index (χ0n) is 4.60. The van der Waals surface area contributed by atoms with Crippen LogP contribution in [0.5, 0.6) is 0 Å². The molecule has 0 radical (unpaired) electrons. The van der Waals surface area contributed by atoms with Crippen molar-refractivity contribution in [1.82, 2.24) is 0 Å². The molecule has 10 heavy (non-hydrogen) atoms. The van der Waals surface area contributed by atoms with Crippen molar-refractivity contribution < 1.29 is 30.6 Å². The average molecular weight is 350 g/mol. The van der Waals surface area contributed by atoms with Crippen LogP contribution in [0.25, 0.3) is 0 Å². The minimum Gasteiger partial charge on any atom is -0.879 e. The molecule has 0 N–H and O–H groups in total. The van der Waals surface area contributed by atoms with E-state index < -0.39 is 11.9 Å². The van der Waals surface area contributed by atoms with E-state index in [-0.39, 0.29) is 51.7 Å². The number of hydrogen-bond acceptors (Lipinski definition) is 6. The van der Waals surface area contributed by atoms with Gasteiger partial charge in [0, 0.05) is 0 Å². The van der Waals surface area contributed by atoms with E-state index >= 15 is 0 Å². The second kappa shape index (κ2) is 5.20. The molecule has 0 saturated heterocycles. The summed E-state index contributed by atoms with van der Waals surface area (Å²) in [7, 11) is 0. The number of rotatable bonds is 1. The van der Waals surface area contributed by atoms with Crippen molar-refractivity contribution >= 4 is 51.7 Å². The molecular weight excluding hydrogens is 350 g/mol. The van der Waals surface area contributed by atoms with E-state index in [1.807, 2.05) is 0 Å². The van der Waals surface area contributed by atoms with Crippen LogP contribution in [0.4, 0.5) is 0 Å². The van der Waals surface area contributed by atoms with Crippen LogP contribution in [0.2, 0.25) is 0 Å². The minimum absolute atomic E-state index is 0. The SMILES string of the molecule is [In+3].[In+3].[O-]C([O-])([O-])C([O-])([O-])[O-]. The van der Waals surface area contributed by atoms with Crippen molar-refractivity contribution in [2.45, 2.75) is 11.9 Å². The Bertz CT molecular complexity index is 68.7. The van der Waals surface area contributed by atoms with Gasteiger partial charge < -0.3 is 42.6 Å². The van der Waals surface area contributed by atoms with Crippen LogP contribution in [0.3, 0.4) is 0 Å². The van der Waals surface area contributed by atoms with Crippen molar-refractivity contribution in [2.24, 2.45) is 0 Å². The Labute approximate surface area is 93.7 Å². The molecule has 0 aliphatic carbocycles. The minimum atomic E-state index is -4.98. The maximum Gasteiger partial charge on any atom is 3.00 e. The Hall–Kier alpha value is 1.50. The average Bonchev–Trinajstić information content (AvgIpc) is 1.25. The van der Waals surface area contributed by atoms with Crippen LogP contribution < -0.4 is 30.6 Å². The summed E-state index contributed by atoms with van der Waals surface area (Å²) < 4.78 is 0. The third kappa shape index (κ3) is 6.23. The summed E-state index contributed by atoms with van der Waals surface area (Å²) in [4.78, 5) is 0. The van der Waals surface area contributed by atoms with Gasteiger partial charge in [0.05, 0.1) is 0 Å². The van der Waals surface area contributed by atoms with Crippen molar-refractivity contribution in [3.63, 3.8) is 0 Å². The molecule has 6 nitrogen and oxygen atoms in total. The summed E-state index contributed by atoms with van der Waals surface area (Å²) in [5.74, 6) is -9.96. The maximum atomic E-state index is 9.08. The van der Waals surface area contributed by atoms with Gasteiger partial charge in [0.2, 0.25) is 0 Å². The normalized spacial score (nSPS) is 11.4. The van der Waals surface area contributed by atoms with Crippen LogP contribution in [-0.4, -0.2) is 63.6 Å². The Kier molecular flexibility index (Phi) is 9.12. The molecule has 0 fully saturated rings. The summed E-state index contributed by atoms with van der Waals surface area (Å²) in [6, 6.07) is 0. The zero-order chi connectivity index (χ0) is 7.00. The summed E-state index contributed by atoms with van der Waals surface area (Å²) in [5, 5.41) is 54.5. The topological polar surface area (TPSA) is 138 Å². The molecule has 0 aliphatic rings. The van der Waals surface area contributed by atoms with Crippen LogP contribution in [0.1, 0.15) is 0 Å². The van der Waals surface area contributed by atoms with Gasteiger partial charge in [0.15, 0.2) is 0 Å². The largest absolute Gasteiger partial charge is 3.00 e. The molecule has 0 saturated carbocycles. The molecule has 0 aromatic heterocycles. The molecule has 50 valence electrons. The van der Waals surface area contributed by atoms with Crippen molar-refractivity contribution in [2.75, 3.05) is 0 Å². The van der Waals surface area contributed by atoms with Gasteiger partial charge >= 0.3 is 51.7 Å². The first-order valence-electron chi connectivity index (χ1n) is 1.47. The Morgan fingerprint density at radius 3 is 0.600 bits per heavy atom. The summed E-state index contributed by atoms with van der Waals surface area (Å²) >= 11 is 0. The molecule has 0 amide bonds. The smallest absolute Gasteiger partial charge is 0.879 e. The first kappa shape index (κ1) is 17.5. The van der Waals surface area contributed by atoms with Crippen molar-refractivity contribution in [3.8, 4) is 0 Å². The van der Waals surface area contributed by atoms with Crippen LogP contribution >= 0.6 is 0 Å². The molecule has 0 atom stereocenters. The van der Waals surface area contributed by atoms with Crippen molar-refractivity contribution in [1.29, 1.82) is 0 Å². The van der Waals surface area contributed by atoms with Gasteiger partial charge in [0.25, 0.3) is 0 Å². The summed E-state index contributed by atoms with van der Waals surface area (Å²) in [5.41, 5.74) is 0. The quantitative estimate of drug-likeness (QED) is 0.431. The van der Waals surface area contributed by atoms with E-state index in [4.69, 9.17) is 30.6 Å². The van der Waals surface area contributed by atoms with Gasteiger partial charge in [-0.2, -0.15) is 0 Å². The first-order valence-corrected chi connectivity index (χ1v) is 1.47. The molecule has 0 aromatic rings. The van der Waals surface area contributed by atoms with Crippen LogP contribution in [0.15, 0.2) is 0 Å². The van der Waals surface area contributed by atoms with E-state index in [1.54, 1.807) is 0 Å². The van der Waals surface area contributed by atoms with Crippen LogP contribution in [-0.2, 0) is 0 Å². The molecular formula is C2In2O6. The van der Waals surface area contributed by atoms with Gasteiger partial charge in [0.1, 0.15) is 0 Å². The fraction of sp³-hybridized carbons (Fsp3) is 1.00. The van der Waals surface area contributed by atoms with Gasteiger partial charge in [-0.3, -0.25) is 0 Å². The number of hydrogen-bond donors (Lipinski definition) is 0. The third-order valence-corrected chi connectivity index (χ3v) is 0.375. The van der Waals surface area contributed by atoms with E-state index in [0.717, 1.165) is 0 Å². The first-order chi connectivity index (χ1) is 3.25. The summed E-state index contributed by atoms with van der Waals surface area (Å²) in [6.45, 7) is 0. The maximum absolute atomic E-state index is 9.08. The molecule has 0 rings (SSSR count). The zero-order valence-corrected chi connectivity index (χ0v) is 11.2. The predicted octanol–water partition coefficient (Wildman–Crippen LogP) is -8.31. The molecule has 8 heteroatoms. The molecule has 0 heterocycles. The third-order valence-electron chi connectivity index (χ3n) is 0.375. The van der Waals surface area contributed by atoms with Gasteiger partial charge in [-0.25, -0.2) is 0 Å². The van der Waals surface area contributed by atoms with E-state index in [0.29, 0.717) is 0 Å². The second-order valence-electron chi connectivity index (χ2n) is 1.11. The van der Waals surface area contributed by atoms with Crippen molar-refractivity contribution in [3.05, 3.63) is 0 Å². The molecule has 0 unspecified atom stereocenters. The Morgan fingerprint density at radius 1 is 0.500 bits per heavy atom. The molecule has 0 aliphatic heterocycles. The molecule has 0 bridgehead atoms. The monoisotopic (exact) mass is 350 g/mol. The Morgan fingerprint density at radius 2 is 0.600 bits per heavy atom. The molecule has 0 aromatic carbocycles. The Balaban J connectivity index is -0.000000245. The van der Waals surface area contributed by atoms with E-state index in [9.17, 15) is 0 Å². The predicted molar refractivity (Wildman–Crippen MR) is 17.0 cm³/mol. The van der Waals surface area contributed by atoms with E-state index in [1.165, 1.54) is 0 Å². The van der Waals surface area contributed by atoms with E-state index in [2.05, 4.69) is 0 Å². The standard InChI is InChI=1S/C2O6.2In/c3-1(4,5)2(6,7)8;;/q-6;2*+3. The fourth-order valence-corrected chi connectivity index (χ4v) is 0. The van der Waals surface area contributed by atoms with Crippen LogP contribution in [0, 0.1) is 0 Å².